The van der Waals surface area contributed by atoms with E-state index in [0.29, 0.717) is 35.6 Å². The maximum absolute atomic E-state index is 14.7. The zero-order valence-corrected chi connectivity index (χ0v) is 24.3. The molecule has 0 unspecified atom stereocenters. The fourth-order valence-corrected chi connectivity index (χ4v) is 5.18. The molecule has 0 atom stereocenters. The highest BCUT2D eigenvalue weighted by Gasteiger charge is 2.16. The van der Waals surface area contributed by atoms with Crippen LogP contribution in [0.25, 0.3) is 55.6 Å². The molecule has 4 heterocycles. The van der Waals surface area contributed by atoms with Gasteiger partial charge in [-0.25, -0.2) is 4.39 Å². The molecule has 0 radical (unpaired) electrons. The van der Waals surface area contributed by atoms with Gasteiger partial charge in [0, 0.05) is 65.0 Å². The molecule has 4 aromatic heterocycles. The van der Waals surface area contributed by atoms with Crippen molar-refractivity contribution in [2.24, 2.45) is 0 Å². The second kappa shape index (κ2) is 12.0. The van der Waals surface area contributed by atoms with Crippen molar-refractivity contribution in [3.8, 4) is 33.8 Å². The number of hydrogen-bond acceptors (Lipinski definition) is 6. The van der Waals surface area contributed by atoms with E-state index in [0.717, 1.165) is 57.3 Å². The van der Waals surface area contributed by atoms with Gasteiger partial charge < -0.3 is 20.5 Å². The molecule has 0 aliphatic heterocycles. The Morgan fingerprint density at radius 1 is 0.907 bits per heavy atom. The Morgan fingerprint density at radius 3 is 2.58 bits per heavy atom. The number of fused-ring (bicyclic) bond motifs is 2. The van der Waals surface area contributed by atoms with E-state index in [9.17, 15) is 9.18 Å². The first-order valence-corrected chi connectivity index (χ1v) is 14.3. The third kappa shape index (κ3) is 6.09. The first-order chi connectivity index (χ1) is 20.9. The van der Waals surface area contributed by atoms with Crippen LogP contribution in [0, 0.1) is 5.82 Å². The molecule has 6 aromatic rings. The standard InChI is InChI=1S/C33H33FN8O/c1-4-5-31(43)38-25-14-22(18-35-19-25)20-6-7-29-26(15-20)33(41-40-29)30-17-27-28(39-30)8-9-37-32(27)21-12-23(34)16-24(13-21)36-10-11-42(2)3/h6-9,12-19,36,39H,4-5,10-11H2,1-3H3,(H,38,43)(H,40,41). The predicted octanol–water partition coefficient (Wildman–Crippen LogP) is 6.69. The highest BCUT2D eigenvalue weighted by molar-refractivity contribution is 6.01. The van der Waals surface area contributed by atoms with E-state index in [1.54, 1.807) is 18.6 Å². The van der Waals surface area contributed by atoms with Gasteiger partial charge in [-0.2, -0.15) is 5.10 Å². The normalized spacial score (nSPS) is 11.5. The molecule has 0 aliphatic rings. The Balaban J connectivity index is 1.35. The van der Waals surface area contributed by atoms with Gasteiger partial charge in [0.05, 0.1) is 28.8 Å². The molecule has 0 aliphatic carbocycles. The zero-order chi connectivity index (χ0) is 29.9. The Hall–Kier alpha value is -5.09. The van der Waals surface area contributed by atoms with Gasteiger partial charge in [-0.05, 0) is 74.6 Å². The second-order valence-electron chi connectivity index (χ2n) is 10.9. The van der Waals surface area contributed by atoms with Gasteiger partial charge in [0.15, 0.2) is 0 Å². The molecular formula is C33H33FN8O. The van der Waals surface area contributed by atoms with Crippen LogP contribution < -0.4 is 10.6 Å². The molecule has 0 fully saturated rings. The van der Waals surface area contributed by atoms with Crippen LogP contribution in [-0.2, 0) is 4.79 Å². The average Bonchev–Trinajstić information content (AvgIpc) is 3.60. The number of aromatic amines is 2. The fraction of sp³-hybridized carbons (Fsp3) is 0.212. The van der Waals surface area contributed by atoms with E-state index in [1.165, 1.54) is 12.1 Å². The molecule has 1 amide bonds. The van der Waals surface area contributed by atoms with Crippen molar-refractivity contribution in [3.05, 3.63) is 79.0 Å². The van der Waals surface area contributed by atoms with Crippen LogP contribution in [0.4, 0.5) is 15.8 Å². The molecule has 10 heteroatoms. The minimum atomic E-state index is -0.325. The summed E-state index contributed by atoms with van der Waals surface area (Å²) in [6.45, 7) is 3.50. The lowest BCUT2D eigenvalue weighted by Crippen LogP contribution is -2.20. The van der Waals surface area contributed by atoms with E-state index in [4.69, 9.17) is 0 Å². The minimum Gasteiger partial charge on any atom is -0.384 e. The number of rotatable bonds is 10. The van der Waals surface area contributed by atoms with Crippen LogP contribution in [0.2, 0.25) is 0 Å². The van der Waals surface area contributed by atoms with Crippen molar-refractivity contribution >= 4 is 39.1 Å². The third-order valence-corrected chi connectivity index (χ3v) is 7.26. The van der Waals surface area contributed by atoms with E-state index >= 15 is 0 Å². The maximum atomic E-state index is 14.7. The SMILES string of the molecule is CCCC(=O)Nc1cncc(-c2ccc3[nH]nc(-c4cc5c(-c6cc(F)cc(NCCN(C)C)c6)nccc5[nH]4)c3c2)c1. The predicted molar refractivity (Wildman–Crippen MR) is 170 cm³/mol. The van der Waals surface area contributed by atoms with Gasteiger partial charge in [-0.15, -0.1) is 0 Å². The number of anilines is 2. The summed E-state index contributed by atoms with van der Waals surface area (Å²) in [7, 11) is 4.00. The number of pyridine rings is 2. The number of aromatic nitrogens is 5. The highest BCUT2D eigenvalue weighted by atomic mass is 19.1. The molecule has 43 heavy (non-hydrogen) atoms. The lowest BCUT2D eigenvalue weighted by Gasteiger charge is -2.12. The molecular weight excluding hydrogens is 543 g/mol. The second-order valence-corrected chi connectivity index (χ2v) is 10.9. The Bertz CT molecular complexity index is 1930. The van der Waals surface area contributed by atoms with Gasteiger partial charge in [-0.1, -0.05) is 13.0 Å². The van der Waals surface area contributed by atoms with Crippen LogP contribution in [-0.4, -0.2) is 63.1 Å². The number of hydrogen-bond donors (Lipinski definition) is 4. The molecule has 0 bridgehead atoms. The van der Waals surface area contributed by atoms with Crippen LogP contribution in [0.15, 0.2) is 73.2 Å². The lowest BCUT2D eigenvalue weighted by atomic mass is 10.0. The van der Waals surface area contributed by atoms with Crippen molar-refractivity contribution in [2.45, 2.75) is 19.8 Å². The quantitative estimate of drug-likeness (QED) is 0.145. The highest BCUT2D eigenvalue weighted by Crippen LogP contribution is 2.35. The fourth-order valence-electron chi connectivity index (χ4n) is 5.18. The van der Waals surface area contributed by atoms with Crippen molar-refractivity contribution < 1.29 is 9.18 Å². The number of H-pyrrole nitrogens is 2. The summed E-state index contributed by atoms with van der Waals surface area (Å²) in [5, 5.41) is 15.8. The number of nitrogens with one attached hydrogen (secondary N) is 4. The number of likely N-dealkylation sites (N-methyl/N-ethyl adjacent to an activating group) is 1. The summed E-state index contributed by atoms with van der Waals surface area (Å²) in [6, 6.07) is 16.8. The summed E-state index contributed by atoms with van der Waals surface area (Å²) in [6.07, 6.45) is 6.39. The van der Waals surface area contributed by atoms with Crippen molar-refractivity contribution in [2.75, 3.05) is 37.8 Å². The summed E-state index contributed by atoms with van der Waals surface area (Å²) < 4.78 is 14.7. The molecule has 218 valence electrons. The molecule has 2 aromatic carbocycles. The molecule has 9 nitrogen and oxygen atoms in total. The third-order valence-electron chi connectivity index (χ3n) is 7.26. The van der Waals surface area contributed by atoms with Crippen molar-refractivity contribution in [1.29, 1.82) is 0 Å². The first kappa shape index (κ1) is 28.0. The molecule has 6 rings (SSSR count). The summed E-state index contributed by atoms with van der Waals surface area (Å²) in [5.74, 6) is -0.356. The van der Waals surface area contributed by atoms with Gasteiger partial charge in [0.25, 0.3) is 0 Å². The number of halogens is 1. The molecule has 0 saturated heterocycles. The van der Waals surface area contributed by atoms with Crippen LogP contribution in [0.5, 0.6) is 0 Å². The molecule has 4 N–H and O–H groups in total. The molecule has 0 spiro atoms. The van der Waals surface area contributed by atoms with Crippen LogP contribution >= 0.6 is 0 Å². The van der Waals surface area contributed by atoms with Crippen LogP contribution in [0.3, 0.4) is 0 Å². The maximum Gasteiger partial charge on any atom is 0.224 e. The summed E-state index contributed by atoms with van der Waals surface area (Å²) in [4.78, 5) is 26.6. The van der Waals surface area contributed by atoms with Gasteiger partial charge in [0.2, 0.25) is 5.91 Å². The van der Waals surface area contributed by atoms with Crippen LogP contribution in [0.1, 0.15) is 19.8 Å². The monoisotopic (exact) mass is 576 g/mol. The largest absolute Gasteiger partial charge is 0.384 e. The summed E-state index contributed by atoms with van der Waals surface area (Å²) in [5.41, 5.74) is 7.90. The van der Waals surface area contributed by atoms with E-state index in [1.807, 2.05) is 57.4 Å². The Kier molecular flexibility index (Phi) is 7.84. The number of benzene rings is 2. The zero-order valence-electron chi connectivity index (χ0n) is 24.3. The Labute approximate surface area is 248 Å². The number of carbonyl (C=O) groups excluding carboxylic acids is 1. The van der Waals surface area contributed by atoms with Crippen molar-refractivity contribution in [1.82, 2.24) is 30.0 Å². The van der Waals surface area contributed by atoms with Gasteiger partial charge in [0.1, 0.15) is 11.5 Å². The number of amides is 1. The lowest BCUT2D eigenvalue weighted by molar-refractivity contribution is -0.116. The van der Waals surface area contributed by atoms with Gasteiger partial charge in [-0.3, -0.25) is 19.9 Å². The Morgan fingerprint density at radius 2 is 1.74 bits per heavy atom. The summed E-state index contributed by atoms with van der Waals surface area (Å²) >= 11 is 0. The number of nitrogens with zero attached hydrogens (tertiary/aromatic N) is 4. The van der Waals surface area contributed by atoms with E-state index < -0.39 is 0 Å². The first-order valence-electron chi connectivity index (χ1n) is 14.3. The van der Waals surface area contributed by atoms with Gasteiger partial charge >= 0.3 is 0 Å². The topological polar surface area (TPSA) is 115 Å². The van der Waals surface area contributed by atoms with Crippen molar-refractivity contribution in [3.63, 3.8) is 0 Å². The smallest absolute Gasteiger partial charge is 0.224 e. The van der Waals surface area contributed by atoms with E-state index in [2.05, 4.69) is 46.7 Å². The van der Waals surface area contributed by atoms with E-state index in [-0.39, 0.29) is 11.7 Å². The number of carbonyl (C=O) groups is 1. The average molecular weight is 577 g/mol. The molecule has 0 saturated carbocycles. The minimum absolute atomic E-state index is 0.0308.